The van der Waals surface area contributed by atoms with E-state index in [-0.39, 0.29) is 22.3 Å². The van der Waals surface area contributed by atoms with Gasteiger partial charge in [0.05, 0.1) is 20.6 Å². The fraction of sp³-hybridized carbons (Fsp3) is 0.286. The first-order valence-electron chi connectivity index (χ1n) is 9.66. The number of halogens is 1. The van der Waals surface area contributed by atoms with Gasteiger partial charge in [-0.15, -0.1) is 11.3 Å². The first-order valence-corrected chi connectivity index (χ1v) is 10.9. The van der Waals surface area contributed by atoms with Crippen LogP contribution in [0.5, 0.6) is 0 Å². The van der Waals surface area contributed by atoms with Crippen molar-refractivity contribution in [2.24, 2.45) is 0 Å². The molecule has 0 unspecified atom stereocenters. The van der Waals surface area contributed by atoms with Crippen molar-refractivity contribution in [1.29, 1.82) is 0 Å². The van der Waals surface area contributed by atoms with E-state index in [0.717, 1.165) is 29.9 Å². The minimum atomic E-state index is -0.372. The highest BCUT2D eigenvalue weighted by atomic mass is 35.5. The molecule has 1 aromatic carbocycles. The zero-order chi connectivity index (χ0) is 20.0. The number of benzene rings is 1. The minimum Gasteiger partial charge on any atom is -0.351 e. The van der Waals surface area contributed by atoms with E-state index in [1.165, 1.54) is 24.2 Å². The van der Waals surface area contributed by atoms with E-state index >= 15 is 0 Å². The smallest absolute Gasteiger partial charge is 0.258 e. The monoisotopic (exact) mass is 426 g/mol. The third-order valence-electron chi connectivity index (χ3n) is 5.42. The van der Waals surface area contributed by atoms with Crippen molar-refractivity contribution in [3.63, 3.8) is 0 Å². The predicted molar refractivity (Wildman–Crippen MR) is 117 cm³/mol. The van der Waals surface area contributed by atoms with E-state index in [1.807, 2.05) is 28.7 Å². The molecule has 8 heteroatoms. The van der Waals surface area contributed by atoms with Crippen LogP contribution in [0.1, 0.15) is 23.2 Å². The molecule has 0 radical (unpaired) electrons. The first-order chi connectivity index (χ1) is 14.1. The molecule has 4 aromatic rings. The van der Waals surface area contributed by atoms with Gasteiger partial charge in [0.25, 0.3) is 5.91 Å². The number of likely N-dealkylation sites (tertiary alicyclic amines) is 1. The topological polar surface area (TPSA) is 66.7 Å². The second kappa shape index (κ2) is 7.40. The lowest BCUT2D eigenvalue weighted by atomic mass is 10.1. The number of aromatic nitrogens is 2. The summed E-state index contributed by atoms with van der Waals surface area (Å²) in [6, 6.07) is 9.39. The Bertz CT molecular complexity index is 1310. The van der Waals surface area contributed by atoms with Crippen LogP contribution in [0.4, 0.5) is 0 Å². The Morgan fingerprint density at radius 3 is 2.83 bits per heavy atom. The zero-order valence-electron chi connectivity index (χ0n) is 15.7. The fourth-order valence-electron chi connectivity index (χ4n) is 4.01. The molecule has 1 amide bonds. The van der Waals surface area contributed by atoms with Crippen LogP contribution in [-0.2, 0) is 0 Å². The summed E-state index contributed by atoms with van der Waals surface area (Å²) in [5, 5.41) is 3.52. The Balaban J connectivity index is 1.67. The summed E-state index contributed by atoms with van der Waals surface area (Å²) in [6.07, 6.45) is 3.99. The molecule has 1 saturated heterocycles. The molecule has 0 atom stereocenters. The van der Waals surface area contributed by atoms with E-state index in [4.69, 9.17) is 11.6 Å². The van der Waals surface area contributed by atoms with Gasteiger partial charge in [-0.05, 0) is 44.1 Å². The molecular weight excluding hydrogens is 408 g/mol. The Morgan fingerprint density at radius 2 is 2.00 bits per heavy atom. The van der Waals surface area contributed by atoms with Crippen LogP contribution >= 0.6 is 22.9 Å². The van der Waals surface area contributed by atoms with E-state index in [2.05, 4.69) is 15.2 Å². The number of nitrogens with one attached hydrogen (secondary N) is 1. The van der Waals surface area contributed by atoms with Gasteiger partial charge < -0.3 is 10.2 Å². The Hall–Kier alpha value is -2.48. The van der Waals surface area contributed by atoms with E-state index < -0.39 is 0 Å². The third-order valence-corrected chi connectivity index (χ3v) is 6.88. The number of para-hydroxylation sites is 1. The number of carbonyl (C=O) groups is 1. The molecular formula is C21H19ClN4O2S. The molecule has 3 aromatic heterocycles. The van der Waals surface area contributed by atoms with Gasteiger partial charge in [-0.1, -0.05) is 23.7 Å². The molecule has 1 fully saturated rings. The van der Waals surface area contributed by atoms with Gasteiger partial charge in [-0.25, -0.2) is 4.98 Å². The van der Waals surface area contributed by atoms with Crippen LogP contribution in [0.2, 0.25) is 5.02 Å². The number of fused-ring (bicyclic) bond motifs is 5. The Kier molecular flexibility index (Phi) is 4.73. The number of nitrogens with zero attached hydrogens (tertiary/aromatic N) is 3. The van der Waals surface area contributed by atoms with Crippen LogP contribution in [0.3, 0.4) is 0 Å². The molecule has 5 rings (SSSR count). The molecule has 0 aliphatic carbocycles. The highest BCUT2D eigenvalue weighted by Gasteiger charge is 2.23. The Labute approximate surface area is 175 Å². The van der Waals surface area contributed by atoms with Crippen molar-refractivity contribution < 1.29 is 4.79 Å². The van der Waals surface area contributed by atoms with Gasteiger partial charge >= 0.3 is 0 Å². The lowest BCUT2D eigenvalue weighted by molar-refractivity contribution is 0.0950. The second-order valence-corrected chi connectivity index (χ2v) is 8.65. The molecule has 4 heterocycles. The van der Waals surface area contributed by atoms with Gasteiger partial charge in [-0.3, -0.25) is 14.0 Å². The maximum Gasteiger partial charge on any atom is 0.258 e. The molecule has 29 heavy (non-hydrogen) atoms. The van der Waals surface area contributed by atoms with Gasteiger partial charge in [0.15, 0.2) is 5.65 Å². The molecule has 0 saturated carbocycles. The molecule has 0 spiro atoms. The number of rotatable bonds is 4. The minimum absolute atomic E-state index is 0.134. The molecule has 1 N–H and O–H groups in total. The number of thiazole rings is 1. The number of hydrogen-bond donors (Lipinski definition) is 1. The van der Waals surface area contributed by atoms with Crippen molar-refractivity contribution in [2.45, 2.75) is 12.8 Å². The fourth-order valence-corrected chi connectivity index (χ4v) is 5.42. The molecule has 1 aliphatic heterocycles. The van der Waals surface area contributed by atoms with Crippen molar-refractivity contribution in [1.82, 2.24) is 19.6 Å². The summed E-state index contributed by atoms with van der Waals surface area (Å²) in [7, 11) is 0. The molecule has 1 aliphatic rings. The summed E-state index contributed by atoms with van der Waals surface area (Å²) < 4.78 is 2.85. The van der Waals surface area contributed by atoms with Crippen molar-refractivity contribution >= 4 is 54.9 Å². The average Bonchev–Trinajstić information content (AvgIpc) is 3.35. The maximum atomic E-state index is 13.3. The molecule has 6 nitrogen and oxygen atoms in total. The Morgan fingerprint density at radius 1 is 1.21 bits per heavy atom. The summed E-state index contributed by atoms with van der Waals surface area (Å²) in [5.41, 5.74) is 1.14. The van der Waals surface area contributed by atoms with Gasteiger partial charge in [0, 0.05) is 19.3 Å². The SMILES string of the molecule is O=C(NCCN1CCCC1)c1c(=O)c2c(Cl)ccnc2n2c1sc1ccccc12. The van der Waals surface area contributed by atoms with Gasteiger partial charge in [-0.2, -0.15) is 0 Å². The summed E-state index contributed by atoms with van der Waals surface area (Å²) >= 11 is 7.78. The number of carbonyl (C=O) groups excluding carboxylic acids is 1. The number of hydrogen-bond acceptors (Lipinski definition) is 5. The second-order valence-electron chi connectivity index (χ2n) is 7.21. The van der Waals surface area contributed by atoms with E-state index in [0.29, 0.717) is 22.0 Å². The summed E-state index contributed by atoms with van der Waals surface area (Å²) in [5.74, 6) is -0.361. The van der Waals surface area contributed by atoms with Crippen LogP contribution in [0.25, 0.3) is 26.1 Å². The average molecular weight is 427 g/mol. The van der Waals surface area contributed by atoms with Gasteiger partial charge in [0.1, 0.15) is 10.4 Å². The highest BCUT2D eigenvalue weighted by Crippen LogP contribution is 2.31. The lowest BCUT2D eigenvalue weighted by Gasteiger charge is -2.15. The highest BCUT2D eigenvalue weighted by molar-refractivity contribution is 7.24. The van der Waals surface area contributed by atoms with Crippen molar-refractivity contribution in [3.05, 3.63) is 57.3 Å². The van der Waals surface area contributed by atoms with Crippen molar-refractivity contribution in [2.75, 3.05) is 26.2 Å². The lowest BCUT2D eigenvalue weighted by Crippen LogP contribution is -2.35. The molecule has 0 bridgehead atoms. The van der Waals surface area contributed by atoms with Crippen LogP contribution in [0.15, 0.2) is 41.3 Å². The van der Waals surface area contributed by atoms with Crippen LogP contribution < -0.4 is 10.7 Å². The predicted octanol–water partition coefficient (Wildman–Crippen LogP) is 3.54. The van der Waals surface area contributed by atoms with E-state index in [1.54, 1.807) is 12.3 Å². The van der Waals surface area contributed by atoms with Crippen molar-refractivity contribution in [3.8, 4) is 0 Å². The molecule has 148 valence electrons. The third kappa shape index (κ3) is 3.10. The van der Waals surface area contributed by atoms with E-state index in [9.17, 15) is 9.59 Å². The summed E-state index contributed by atoms with van der Waals surface area (Å²) in [4.78, 5) is 33.7. The van der Waals surface area contributed by atoms with Crippen LogP contribution in [0, 0.1) is 0 Å². The summed E-state index contributed by atoms with van der Waals surface area (Å²) in [6.45, 7) is 3.43. The van der Waals surface area contributed by atoms with Gasteiger partial charge in [0.2, 0.25) is 5.43 Å². The normalized spacial score (nSPS) is 14.9. The number of amides is 1. The first kappa shape index (κ1) is 18.5. The standard InChI is InChI=1S/C21H19ClN4O2S/c22-13-7-8-23-19-16(13)18(27)17(20(28)24-9-12-25-10-3-4-11-25)21-26(19)14-5-1-2-6-15(14)29-21/h1-2,5-8H,3-4,9-12H2,(H,24,28). The van der Waals surface area contributed by atoms with Crippen LogP contribution in [-0.4, -0.2) is 46.4 Å². The quantitative estimate of drug-likeness (QED) is 0.542. The maximum absolute atomic E-state index is 13.3. The zero-order valence-corrected chi connectivity index (χ0v) is 17.2. The number of pyridine rings is 2. The largest absolute Gasteiger partial charge is 0.351 e.